The fourth-order valence-corrected chi connectivity index (χ4v) is 1.72. The van der Waals surface area contributed by atoms with Gasteiger partial charge < -0.3 is 9.47 Å². The minimum absolute atomic E-state index is 0.0374. The van der Waals surface area contributed by atoms with Crippen molar-refractivity contribution in [2.75, 3.05) is 26.6 Å². The molecule has 4 heteroatoms. The van der Waals surface area contributed by atoms with E-state index in [0.717, 1.165) is 10.8 Å². The van der Waals surface area contributed by atoms with Gasteiger partial charge in [0.15, 0.2) is 11.5 Å². The molecule has 0 aliphatic heterocycles. The summed E-state index contributed by atoms with van der Waals surface area (Å²) in [5, 5.41) is 1.94. The summed E-state index contributed by atoms with van der Waals surface area (Å²) in [5.74, 6) is 0.889. The lowest BCUT2D eigenvalue weighted by molar-refractivity contribution is 0.235. The van der Waals surface area contributed by atoms with E-state index in [1.165, 1.54) is 0 Å². The van der Waals surface area contributed by atoms with Crippen LogP contribution in [0.1, 0.15) is 0 Å². The molecule has 96 valence electrons. The lowest BCUT2D eigenvalue weighted by Crippen LogP contribution is -2.04. The number of rotatable bonds is 6. The van der Waals surface area contributed by atoms with Crippen LogP contribution in [0, 0.1) is 0 Å². The van der Waals surface area contributed by atoms with Crippen molar-refractivity contribution in [3.63, 3.8) is 0 Å². The van der Waals surface area contributed by atoms with Gasteiger partial charge in [0.05, 0.1) is 0 Å². The molecule has 0 spiro atoms. The Morgan fingerprint density at radius 1 is 0.778 bits per heavy atom. The summed E-state index contributed by atoms with van der Waals surface area (Å²) in [5.41, 5.74) is 0. The van der Waals surface area contributed by atoms with Crippen LogP contribution in [0.25, 0.3) is 10.8 Å². The maximum absolute atomic E-state index is 12.2. The number of fused-ring (bicyclic) bond motifs is 1. The lowest BCUT2D eigenvalue weighted by Gasteiger charge is -2.12. The zero-order valence-corrected chi connectivity index (χ0v) is 9.86. The Balaban J connectivity index is 2.35. The molecule has 18 heavy (non-hydrogen) atoms. The van der Waals surface area contributed by atoms with Gasteiger partial charge in [-0.25, -0.2) is 8.78 Å². The number of hydrogen-bond acceptors (Lipinski definition) is 2. The molecule has 0 amide bonds. The van der Waals surface area contributed by atoms with E-state index in [2.05, 4.69) is 0 Å². The normalized spacial score (nSPS) is 10.6. The van der Waals surface area contributed by atoms with Gasteiger partial charge in [0.2, 0.25) is 0 Å². The van der Waals surface area contributed by atoms with Crippen molar-refractivity contribution in [2.24, 2.45) is 0 Å². The van der Waals surface area contributed by atoms with Crippen LogP contribution in [-0.4, -0.2) is 26.6 Å². The molecule has 0 radical (unpaired) electrons. The van der Waals surface area contributed by atoms with E-state index in [-0.39, 0.29) is 13.2 Å². The summed E-state index contributed by atoms with van der Waals surface area (Å²) in [4.78, 5) is 0. The standard InChI is InChI=1S/C14H14F2O2/c15-5-7-17-13-9-11-3-1-2-4-12(11)10-14(13)18-8-6-16/h1-4,9-10H,5-8H2. The van der Waals surface area contributed by atoms with Crippen molar-refractivity contribution in [2.45, 2.75) is 0 Å². The summed E-state index contributed by atoms with van der Waals surface area (Å²) in [6, 6.07) is 11.2. The van der Waals surface area contributed by atoms with Crippen LogP contribution in [0.5, 0.6) is 11.5 Å². The van der Waals surface area contributed by atoms with Gasteiger partial charge >= 0.3 is 0 Å². The van der Waals surface area contributed by atoms with Gasteiger partial charge in [-0.2, -0.15) is 0 Å². The fraction of sp³-hybridized carbons (Fsp3) is 0.286. The molecule has 0 aromatic heterocycles. The smallest absolute Gasteiger partial charge is 0.161 e. The topological polar surface area (TPSA) is 18.5 Å². The van der Waals surface area contributed by atoms with E-state index in [9.17, 15) is 8.78 Å². The van der Waals surface area contributed by atoms with Gasteiger partial charge in [-0.05, 0) is 22.9 Å². The number of halogens is 2. The van der Waals surface area contributed by atoms with E-state index in [1.54, 1.807) is 12.1 Å². The molecule has 0 saturated carbocycles. The van der Waals surface area contributed by atoms with Crippen molar-refractivity contribution >= 4 is 10.8 Å². The molecule has 0 N–H and O–H groups in total. The molecule has 0 heterocycles. The second-order valence-electron chi connectivity index (χ2n) is 3.72. The van der Waals surface area contributed by atoms with Gasteiger partial charge in [0, 0.05) is 0 Å². The molecular formula is C14H14F2O2. The molecule has 0 fully saturated rings. The third-order valence-corrected chi connectivity index (χ3v) is 2.48. The molecule has 0 bridgehead atoms. The largest absolute Gasteiger partial charge is 0.487 e. The van der Waals surface area contributed by atoms with Crippen molar-refractivity contribution < 1.29 is 18.3 Å². The average molecular weight is 252 g/mol. The highest BCUT2D eigenvalue weighted by Gasteiger charge is 2.07. The Morgan fingerprint density at radius 2 is 1.22 bits per heavy atom. The van der Waals surface area contributed by atoms with Crippen molar-refractivity contribution in [3.8, 4) is 11.5 Å². The number of hydrogen-bond donors (Lipinski definition) is 0. The van der Waals surface area contributed by atoms with E-state index >= 15 is 0 Å². The number of benzene rings is 2. The summed E-state index contributed by atoms with van der Waals surface area (Å²) in [6.45, 7) is -1.22. The predicted octanol–water partition coefficient (Wildman–Crippen LogP) is 3.54. The Bertz CT molecular complexity index is 468. The van der Waals surface area contributed by atoms with Gasteiger partial charge in [-0.3, -0.25) is 0 Å². The molecule has 0 atom stereocenters. The van der Waals surface area contributed by atoms with Gasteiger partial charge in [-0.1, -0.05) is 24.3 Å². The molecule has 0 aliphatic carbocycles. The van der Waals surface area contributed by atoms with Crippen LogP contribution < -0.4 is 9.47 Å². The molecular weight excluding hydrogens is 238 g/mol. The summed E-state index contributed by atoms with van der Waals surface area (Å²) in [6.07, 6.45) is 0. The van der Waals surface area contributed by atoms with E-state index in [0.29, 0.717) is 11.5 Å². The van der Waals surface area contributed by atoms with Gasteiger partial charge in [-0.15, -0.1) is 0 Å². The quantitative estimate of drug-likeness (QED) is 0.783. The first kappa shape index (κ1) is 12.6. The van der Waals surface area contributed by atoms with E-state index in [1.807, 2.05) is 24.3 Å². The number of alkyl halides is 2. The SMILES string of the molecule is FCCOc1cc2ccccc2cc1OCCF. The molecule has 2 aromatic rings. The Labute approximate surface area is 104 Å². The third kappa shape index (κ3) is 2.88. The molecule has 0 unspecified atom stereocenters. The van der Waals surface area contributed by atoms with Crippen LogP contribution in [0.4, 0.5) is 8.78 Å². The van der Waals surface area contributed by atoms with Crippen LogP contribution in [0.15, 0.2) is 36.4 Å². The average Bonchev–Trinajstić information content (AvgIpc) is 2.42. The highest BCUT2D eigenvalue weighted by molar-refractivity contribution is 5.86. The molecule has 2 aromatic carbocycles. The van der Waals surface area contributed by atoms with Crippen LogP contribution in [0.3, 0.4) is 0 Å². The van der Waals surface area contributed by atoms with Crippen LogP contribution in [-0.2, 0) is 0 Å². The Kier molecular flexibility index (Phi) is 4.34. The minimum atomic E-state index is -0.574. The first-order chi connectivity index (χ1) is 8.85. The van der Waals surface area contributed by atoms with Gasteiger partial charge in [0.25, 0.3) is 0 Å². The highest BCUT2D eigenvalue weighted by Crippen LogP contribution is 2.32. The number of ether oxygens (including phenoxy) is 2. The molecule has 2 nitrogen and oxygen atoms in total. The van der Waals surface area contributed by atoms with Crippen LogP contribution >= 0.6 is 0 Å². The van der Waals surface area contributed by atoms with Crippen molar-refractivity contribution in [3.05, 3.63) is 36.4 Å². The Morgan fingerprint density at radius 3 is 1.61 bits per heavy atom. The molecule has 0 saturated heterocycles. The third-order valence-electron chi connectivity index (χ3n) is 2.48. The lowest BCUT2D eigenvalue weighted by atomic mass is 10.1. The maximum Gasteiger partial charge on any atom is 0.161 e. The minimum Gasteiger partial charge on any atom is -0.487 e. The predicted molar refractivity (Wildman–Crippen MR) is 66.9 cm³/mol. The van der Waals surface area contributed by atoms with Crippen molar-refractivity contribution in [1.82, 2.24) is 0 Å². The van der Waals surface area contributed by atoms with Crippen LogP contribution in [0.2, 0.25) is 0 Å². The van der Waals surface area contributed by atoms with Crippen molar-refractivity contribution in [1.29, 1.82) is 0 Å². The first-order valence-corrected chi connectivity index (χ1v) is 5.75. The first-order valence-electron chi connectivity index (χ1n) is 5.75. The second-order valence-corrected chi connectivity index (χ2v) is 3.72. The summed E-state index contributed by atoms with van der Waals surface area (Å²) < 4.78 is 34.8. The van der Waals surface area contributed by atoms with Gasteiger partial charge in [0.1, 0.15) is 26.6 Å². The zero-order chi connectivity index (χ0) is 12.8. The zero-order valence-electron chi connectivity index (χ0n) is 9.86. The maximum atomic E-state index is 12.2. The van der Waals surface area contributed by atoms with E-state index < -0.39 is 13.3 Å². The summed E-state index contributed by atoms with van der Waals surface area (Å²) in [7, 11) is 0. The van der Waals surface area contributed by atoms with E-state index in [4.69, 9.17) is 9.47 Å². The fourth-order valence-electron chi connectivity index (χ4n) is 1.72. The highest BCUT2D eigenvalue weighted by atomic mass is 19.1. The molecule has 0 aliphatic rings. The Hall–Kier alpha value is -1.84. The molecule has 2 rings (SSSR count). The second kappa shape index (κ2) is 6.19. The summed E-state index contributed by atoms with van der Waals surface area (Å²) >= 11 is 0. The monoisotopic (exact) mass is 252 g/mol.